The van der Waals surface area contributed by atoms with Crippen molar-refractivity contribution in [1.29, 1.82) is 0 Å². The van der Waals surface area contributed by atoms with Gasteiger partial charge in [0.05, 0.1) is 0 Å². The Morgan fingerprint density at radius 1 is 1.59 bits per heavy atom. The summed E-state index contributed by atoms with van der Waals surface area (Å²) in [6.07, 6.45) is 2.03. The first-order valence-electron chi connectivity index (χ1n) is 5.28. The van der Waals surface area contributed by atoms with Crippen molar-refractivity contribution < 1.29 is 4.79 Å². The first-order valence-corrected chi connectivity index (χ1v) is 7.47. The van der Waals surface area contributed by atoms with Crippen LogP contribution in [0, 0.1) is 0 Å². The standard InChI is InChI=1S/C12H17BrN2OS/c1-8(7-17-3)15(2)12(16)9-4-5-10(13)11(14)6-9/h4-6,8H,7,14H2,1-3H3. The number of hydrogen-bond donors (Lipinski definition) is 1. The van der Waals surface area contributed by atoms with Crippen molar-refractivity contribution in [3.05, 3.63) is 28.2 Å². The number of nitrogen functional groups attached to an aromatic ring is 1. The average molecular weight is 317 g/mol. The molecule has 0 spiro atoms. The van der Waals surface area contributed by atoms with Crippen molar-refractivity contribution in [1.82, 2.24) is 4.90 Å². The Morgan fingerprint density at radius 3 is 2.76 bits per heavy atom. The summed E-state index contributed by atoms with van der Waals surface area (Å²) in [5.41, 5.74) is 6.98. The molecule has 0 saturated carbocycles. The third-order valence-corrected chi connectivity index (χ3v) is 4.17. The van der Waals surface area contributed by atoms with Gasteiger partial charge in [-0.1, -0.05) is 0 Å². The highest BCUT2D eigenvalue weighted by atomic mass is 79.9. The van der Waals surface area contributed by atoms with Gasteiger partial charge >= 0.3 is 0 Å². The van der Waals surface area contributed by atoms with E-state index in [-0.39, 0.29) is 11.9 Å². The quantitative estimate of drug-likeness (QED) is 0.869. The summed E-state index contributed by atoms with van der Waals surface area (Å²) in [7, 11) is 1.82. The van der Waals surface area contributed by atoms with Gasteiger partial charge in [0.2, 0.25) is 0 Å². The Balaban J connectivity index is 2.85. The molecule has 1 amide bonds. The second kappa shape index (κ2) is 6.31. The molecule has 1 aromatic rings. The molecule has 2 N–H and O–H groups in total. The molecule has 0 fully saturated rings. The predicted octanol–water partition coefficient (Wildman–Crippen LogP) is 2.85. The van der Waals surface area contributed by atoms with Gasteiger partial charge in [0.1, 0.15) is 0 Å². The molecule has 1 rings (SSSR count). The highest BCUT2D eigenvalue weighted by Gasteiger charge is 2.17. The molecule has 0 saturated heterocycles. The largest absolute Gasteiger partial charge is 0.398 e. The van der Waals surface area contributed by atoms with Gasteiger partial charge in [-0.05, 0) is 47.3 Å². The van der Waals surface area contributed by atoms with Crippen molar-refractivity contribution in [3.63, 3.8) is 0 Å². The third-order valence-electron chi connectivity index (χ3n) is 2.63. The minimum absolute atomic E-state index is 0.00532. The maximum atomic E-state index is 12.2. The molecular weight excluding hydrogens is 300 g/mol. The fraction of sp³-hybridized carbons (Fsp3) is 0.417. The monoisotopic (exact) mass is 316 g/mol. The van der Waals surface area contributed by atoms with E-state index in [1.54, 1.807) is 34.9 Å². The van der Waals surface area contributed by atoms with E-state index >= 15 is 0 Å². The zero-order valence-electron chi connectivity index (χ0n) is 10.2. The van der Waals surface area contributed by atoms with Crippen molar-refractivity contribution in [3.8, 4) is 0 Å². The number of carbonyl (C=O) groups is 1. The fourth-order valence-corrected chi connectivity index (χ4v) is 2.39. The third kappa shape index (κ3) is 3.64. The van der Waals surface area contributed by atoms with E-state index in [2.05, 4.69) is 15.9 Å². The molecule has 1 unspecified atom stereocenters. The number of thioether (sulfide) groups is 1. The maximum Gasteiger partial charge on any atom is 0.253 e. The molecule has 1 atom stereocenters. The molecule has 3 nitrogen and oxygen atoms in total. The molecule has 0 bridgehead atoms. The number of carbonyl (C=O) groups excluding carboxylic acids is 1. The Labute approximate surface area is 115 Å². The molecule has 0 heterocycles. The highest BCUT2D eigenvalue weighted by molar-refractivity contribution is 9.10. The van der Waals surface area contributed by atoms with Crippen LogP contribution < -0.4 is 5.73 Å². The summed E-state index contributed by atoms with van der Waals surface area (Å²) in [6, 6.07) is 5.50. The van der Waals surface area contributed by atoms with Crippen LogP contribution in [0.25, 0.3) is 0 Å². The van der Waals surface area contributed by atoms with E-state index in [9.17, 15) is 4.79 Å². The summed E-state index contributed by atoms with van der Waals surface area (Å²) >= 11 is 5.05. The summed E-state index contributed by atoms with van der Waals surface area (Å²) < 4.78 is 0.814. The Bertz CT molecular complexity index is 411. The molecule has 0 aliphatic carbocycles. The van der Waals surface area contributed by atoms with E-state index in [4.69, 9.17) is 5.73 Å². The van der Waals surface area contributed by atoms with Crippen LogP contribution >= 0.6 is 27.7 Å². The molecule has 0 aliphatic rings. The van der Waals surface area contributed by atoms with E-state index < -0.39 is 0 Å². The molecule has 0 radical (unpaired) electrons. The molecular formula is C12H17BrN2OS. The maximum absolute atomic E-state index is 12.2. The van der Waals surface area contributed by atoms with Gasteiger partial charge in [-0.15, -0.1) is 0 Å². The van der Waals surface area contributed by atoms with Crippen molar-refractivity contribution in [2.45, 2.75) is 13.0 Å². The number of nitrogens with two attached hydrogens (primary N) is 1. The van der Waals surface area contributed by atoms with Gasteiger partial charge in [-0.2, -0.15) is 11.8 Å². The molecule has 5 heteroatoms. The van der Waals surface area contributed by atoms with Gasteiger partial charge < -0.3 is 10.6 Å². The zero-order chi connectivity index (χ0) is 13.0. The summed E-state index contributed by atoms with van der Waals surface area (Å²) in [6.45, 7) is 2.04. The van der Waals surface area contributed by atoms with E-state index in [1.807, 2.05) is 20.2 Å². The number of hydrogen-bond acceptors (Lipinski definition) is 3. The lowest BCUT2D eigenvalue weighted by Gasteiger charge is -2.24. The molecule has 1 aromatic carbocycles. The highest BCUT2D eigenvalue weighted by Crippen LogP contribution is 2.21. The Hall–Kier alpha value is -0.680. The number of amides is 1. The van der Waals surface area contributed by atoms with E-state index in [0.29, 0.717) is 11.3 Å². The van der Waals surface area contributed by atoms with Crippen LogP contribution in [0.5, 0.6) is 0 Å². The van der Waals surface area contributed by atoms with Crippen molar-refractivity contribution >= 4 is 39.3 Å². The van der Waals surface area contributed by atoms with Gasteiger partial charge in [0.15, 0.2) is 0 Å². The normalized spacial score (nSPS) is 12.2. The number of nitrogens with zero attached hydrogens (tertiary/aromatic N) is 1. The number of benzene rings is 1. The van der Waals surface area contributed by atoms with Gasteiger partial charge in [0.25, 0.3) is 5.91 Å². The van der Waals surface area contributed by atoms with Crippen molar-refractivity contribution in [2.75, 3.05) is 24.8 Å². The SMILES string of the molecule is CSCC(C)N(C)C(=O)c1ccc(Br)c(N)c1. The van der Waals surface area contributed by atoms with Gasteiger partial charge in [-0.3, -0.25) is 4.79 Å². The van der Waals surface area contributed by atoms with E-state index in [0.717, 1.165) is 10.2 Å². The zero-order valence-corrected chi connectivity index (χ0v) is 12.6. The summed E-state index contributed by atoms with van der Waals surface area (Å²) in [4.78, 5) is 13.9. The minimum atomic E-state index is 0.00532. The van der Waals surface area contributed by atoms with Crippen LogP contribution in [0.3, 0.4) is 0 Å². The molecule has 0 aliphatic heterocycles. The molecule has 0 aromatic heterocycles. The molecule has 94 valence electrons. The van der Waals surface area contributed by atoms with Crippen LogP contribution in [-0.4, -0.2) is 35.9 Å². The first kappa shape index (κ1) is 14.4. The Morgan fingerprint density at radius 2 is 2.24 bits per heavy atom. The second-order valence-corrected chi connectivity index (χ2v) is 5.72. The first-order chi connectivity index (χ1) is 7.97. The van der Waals surface area contributed by atoms with Gasteiger partial charge in [-0.25, -0.2) is 0 Å². The minimum Gasteiger partial charge on any atom is -0.398 e. The number of rotatable bonds is 4. The van der Waals surface area contributed by atoms with Crippen LogP contribution in [0.4, 0.5) is 5.69 Å². The predicted molar refractivity (Wildman–Crippen MR) is 78.5 cm³/mol. The lowest BCUT2D eigenvalue weighted by molar-refractivity contribution is 0.0757. The number of anilines is 1. The van der Waals surface area contributed by atoms with Crippen LogP contribution in [0.15, 0.2) is 22.7 Å². The number of halogens is 1. The second-order valence-electron chi connectivity index (χ2n) is 3.96. The van der Waals surface area contributed by atoms with Crippen molar-refractivity contribution in [2.24, 2.45) is 0 Å². The van der Waals surface area contributed by atoms with Crippen LogP contribution in [0.1, 0.15) is 17.3 Å². The van der Waals surface area contributed by atoms with Gasteiger partial charge in [0, 0.05) is 34.6 Å². The topological polar surface area (TPSA) is 46.3 Å². The van der Waals surface area contributed by atoms with Crippen LogP contribution in [0.2, 0.25) is 0 Å². The van der Waals surface area contributed by atoms with Crippen LogP contribution in [-0.2, 0) is 0 Å². The Kier molecular flexibility index (Phi) is 5.33. The lowest BCUT2D eigenvalue weighted by atomic mass is 10.1. The fourth-order valence-electron chi connectivity index (χ4n) is 1.43. The summed E-state index contributed by atoms with van der Waals surface area (Å²) in [5.74, 6) is 0.930. The summed E-state index contributed by atoms with van der Waals surface area (Å²) in [5, 5.41) is 0. The smallest absolute Gasteiger partial charge is 0.253 e. The average Bonchev–Trinajstić information content (AvgIpc) is 2.31. The van der Waals surface area contributed by atoms with E-state index in [1.165, 1.54) is 0 Å². The molecule has 17 heavy (non-hydrogen) atoms. The lowest BCUT2D eigenvalue weighted by Crippen LogP contribution is -2.36.